The van der Waals surface area contributed by atoms with Crippen molar-refractivity contribution in [3.05, 3.63) is 61.3 Å². The second-order valence-corrected chi connectivity index (χ2v) is 5.87. The van der Waals surface area contributed by atoms with E-state index in [1.165, 1.54) is 12.1 Å². The van der Waals surface area contributed by atoms with Crippen LogP contribution < -0.4 is 5.56 Å². The molecule has 0 saturated heterocycles. The van der Waals surface area contributed by atoms with Crippen LogP contribution in [0, 0.1) is 10.1 Å². The molecular formula is C15H13F3N4O4. The Bertz CT molecular complexity index is 926. The lowest BCUT2D eigenvalue weighted by Gasteiger charge is -2.28. The number of aromatic hydroxyl groups is 1. The van der Waals surface area contributed by atoms with Gasteiger partial charge in [-0.3, -0.25) is 19.8 Å². The number of rotatable bonds is 3. The molecule has 26 heavy (non-hydrogen) atoms. The Kier molecular flexibility index (Phi) is 4.40. The maximum absolute atomic E-state index is 12.8. The fourth-order valence-electron chi connectivity index (χ4n) is 2.82. The standard InChI is InChI=1S/C15H13F3N4O4/c16-15(17,18)14-19-11-7-21(4-3-10(11)13(24)20-14)6-8-5-9(22(25)26)1-2-12(8)23/h1-2,5,23H,3-4,6-7H2,(H,19,20,24). The Morgan fingerprint density at radius 3 is 2.77 bits per heavy atom. The first-order chi connectivity index (χ1) is 12.1. The van der Waals surface area contributed by atoms with E-state index in [0.717, 1.165) is 6.07 Å². The van der Waals surface area contributed by atoms with Crippen LogP contribution in [0.1, 0.15) is 22.6 Å². The molecule has 2 heterocycles. The van der Waals surface area contributed by atoms with Crippen LogP contribution in [-0.4, -0.2) is 31.4 Å². The number of hydrogen-bond donors (Lipinski definition) is 2. The number of benzene rings is 1. The fraction of sp³-hybridized carbons (Fsp3) is 0.333. The van der Waals surface area contributed by atoms with Crippen LogP contribution in [-0.2, 0) is 25.7 Å². The van der Waals surface area contributed by atoms with Gasteiger partial charge in [0.15, 0.2) is 0 Å². The Morgan fingerprint density at radius 2 is 2.12 bits per heavy atom. The van der Waals surface area contributed by atoms with E-state index in [9.17, 15) is 33.2 Å². The number of nitro groups is 1. The second kappa shape index (κ2) is 6.41. The summed E-state index contributed by atoms with van der Waals surface area (Å²) in [4.78, 5) is 29.0. The number of phenolic OH excluding ortho intramolecular Hbond substituents is 1. The first kappa shape index (κ1) is 17.9. The average molecular weight is 370 g/mol. The van der Waals surface area contributed by atoms with E-state index in [1.54, 1.807) is 9.88 Å². The number of aromatic amines is 1. The normalized spacial score (nSPS) is 14.9. The van der Waals surface area contributed by atoms with Crippen molar-refractivity contribution < 1.29 is 23.2 Å². The maximum Gasteiger partial charge on any atom is 0.449 e. The van der Waals surface area contributed by atoms with Gasteiger partial charge >= 0.3 is 6.18 Å². The van der Waals surface area contributed by atoms with E-state index in [1.807, 2.05) is 0 Å². The third-order valence-corrected chi connectivity index (χ3v) is 4.09. The maximum atomic E-state index is 12.8. The number of nitro benzene ring substituents is 1. The van der Waals surface area contributed by atoms with Gasteiger partial charge in [0.1, 0.15) is 5.75 Å². The van der Waals surface area contributed by atoms with Crippen LogP contribution in [0.5, 0.6) is 5.75 Å². The lowest BCUT2D eigenvalue weighted by atomic mass is 10.0. The summed E-state index contributed by atoms with van der Waals surface area (Å²) in [5.41, 5.74) is -0.553. The van der Waals surface area contributed by atoms with Gasteiger partial charge in [0.05, 0.1) is 10.6 Å². The monoisotopic (exact) mass is 370 g/mol. The summed E-state index contributed by atoms with van der Waals surface area (Å²) in [6.45, 7) is 0.374. The molecule has 8 nitrogen and oxygen atoms in total. The van der Waals surface area contributed by atoms with Crippen molar-refractivity contribution in [2.24, 2.45) is 0 Å². The highest BCUT2D eigenvalue weighted by atomic mass is 19.4. The molecule has 1 aliphatic heterocycles. The van der Waals surface area contributed by atoms with Crippen molar-refractivity contribution >= 4 is 5.69 Å². The highest BCUT2D eigenvalue weighted by Gasteiger charge is 2.36. The highest BCUT2D eigenvalue weighted by Crippen LogP contribution is 2.28. The second-order valence-electron chi connectivity index (χ2n) is 5.87. The lowest BCUT2D eigenvalue weighted by molar-refractivity contribution is -0.385. The van der Waals surface area contributed by atoms with E-state index in [2.05, 4.69) is 4.98 Å². The number of nitrogens with zero attached hydrogens (tertiary/aromatic N) is 3. The number of nitrogens with one attached hydrogen (secondary N) is 1. The molecule has 0 atom stereocenters. The summed E-state index contributed by atoms with van der Waals surface area (Å²) in [5.74, 6) is -1.52. The first-order valence-electron chi connectivity index (χ1n) is 7.53. The molecule has 1 aliphatic rings. The topological polar surface area (TPSA) is 112 Å². The van der Waals surface area contributed by atoms with Gasteiger partial charge in [-0.1, -0.05) is 0 Å². The number of fused-ring (bicyclic) bond motifs is 1. The predicted molar refractivity (Wildman–Crippen MR) is 82.4 cm³/mol. The largest absolute Gasteiger partial charge is 0.508 e. The zero-order valence-electron chi connectivity index (χ0n) is 13.2. The summed E-state index contributed by atoms with van der Waals surface area (Å²) in [6.07, 6.45) is -4.58. The third kappa shape index (κ3) is 3.52. The number of phenols is 1. The molecular weight excluding hydrogens is 357 g/mol. The molecule has 0 unspecified atom stereocenters. The van der Waals surface area contributed by atoms with Crippen LogP contribution in [0.25, 0.3) is 0 Å². The van der Waals surface area contributed by atoms with Crippen LogP contribution in [0.4, 0.5) is 18.9 Å². The zero-order valence-corrected chi connectivity index (χ0v) is 13.2. The molecule has 0 saturated carbocycles. The summed E-state index contributed by atoms with van der Waals surface area (Å²) < 4.78 is 38.4. The summed E-state index contributed by atoms with van der Waals surface area (Å²) in [6, 6.07) is 3.55. The van der Waals surface area contributed by atoms with E-state index in [-0.39, 0.29) is 47.8 Å². The summed E-state index contributed by atoms with van der Waals surface area (Å²) in [5, 5.41) is 20.7. The molecule has 0 bridgehead atoms. The van der Waals surface area contributed by atoms with Crippen molar-refractivity contribution in [2.75, 3.05) is 6.54 Å². The van der Waals surface area contributed by atoms with Gasteiger partial charge in [0, 0.05) is 42.9 Å². The molecule has 0 aliphatic carbocycles. The third-order valence-electron chi connectivity index (χ3n) is 4.09. The van der Waals surface area contributed by atoms with E-state index >= 15 is 0 Å². The van der Waals surface area contributed by atoms with Gasteiger partial charge in [-0.05, 0) is 12.5 Å². The highest BCUT2D eigenvalue weighted by molar-refractivity contribution is 5.43. The predicted octanol–water partition coefficient (Wildman–Crippen LogP) is 1.96. The first-order valence-corrected chi connectivity index (χ1v) is 7.53. The minimum Gasteiger partial charge on any atom is -0.508 e. The zero-order chi connectivity index (χ0) is 19.1. The summed E-state index contributed by atoms with van der Waals surface area (Å²) >= 11 is 0. The number of non-ortho nitro benzene ring substituents is 1. The van der Waals surface area contributed by atoms with Crippen LogP contribution in [0.3, 0.4) is 0 Å². The Morgan fingerprint density at radius 1 is 1.38 bits per heavy atom. The Balaban J connectivity index is 1.87. The number of aromatic nitrogens is 2. The molecule has 1 aromatic heterocycles. The van der Waals surface area contributed by atoms with E-state index in [4.69, 9.17) is 0 Å². The molecule has 11 heteroatoms. The van der Waals surface area contributed by atoms with Crippen molar-refractivity contribution in [2.45, 2.75) is 25.7 Å². The molecule has 0 fully saturated rings. The van der Waals surface area contributed by atoms with Gasteiger partial charge in [-0.15, -0.1) is 0 Å². The van der Waals surface area contributed by atoms with Gasteiger partial charge in [0.25, 0.3) is 11.2 Å². The molecule has 138 valence electrons. The molecule has 0 spiro atoms. The smallest absolute Gasteiger partial charge is 0.449 e. The summed E-state index contributed by atoms with van der Waals surface area (Å²) in [7, 11) is 0. The molecule has 2 N–H and O–H groups in total. The Hall–Kier alpha value is -2.95. The number of H-pyrrole nitrogens is 1. The molecule has 3 rings (SSSR count). The quantitative estimate of drug-likeness (QED) is 0.631. The minimum atomic E-state index is -4.77. The number of hydrogen-bond acceptors (Lipinski definition) is 6. The van der Waals surface area contributed by atoms with E-state index in [0.29, 0.717) is 6.54 Å². The van der Waals surface area contributed by atoms with Crippen molar-refractivity contribution in [1.82, 2.24) is 14.9 Å². The van der Waals surface area contributed by atoms with Gasteiger partial charge in [-0.25, -0.2) is 4.98 Å². The number of alkyl halides is 3. The number of halogens is 3. The lowest BCUT2D eigenvalue weighted by Crippen LogP contribution is -2.36. The SMILES string of the molecule is O=c1[nH]c(C(F)(F)F)nc2c1CCN(Cc1cc([N+](=O)[O-])ccc1O)C2. The van der Waals surface area contributed by atoms with Crippen LogP contribution in [0.2, 0.25) is 0 Å². The Labute approximate surface area is 144 Å². The minimum absolute atomic E-state index is 0.0113. The van der Waals surface area contributed by atoms with Crippen molar-refractivity contribution in [3.8, 4) is 5.75 Å². The van der Waals surface area contributed by atoms with E-state index < -0.39 is 22.5 Å². The van der Waals surface area contributed by atoms with Crippen molar-refractivity contribution in [3.63, 3.8) is 0 Å². The van der Waals surface area contributed by atoms with Crippen LogP contribution >= 0.6 is 0 Å². The van der Waals surface area contributed by atoms with Crippen LogP contribution in [0.15, 0.2) is 23.0 Å². The van der Waals surface area contributed by atoms with Gasteiger partial charge in [0.2, 0.25) is 5.82 Å². The molecule has 0 amide bonds. The van der Waals surface area contributed by atoms with Gasteiger partial charge < -0.3 is 10.1 Å². The molecule has 0 radical (unpaired) electrons. The molecule has 2 aromatic rings. The molecule has 1 aromatic carbocycles. The average Bonchev–Trinajstić information content (AvgIpc) is 2.55. The fourth-order valence-corrected chi connectivity index (χ4v) is 2.82. The van der Waals surface area contributed by atoms with Crippen molar-refractivity contribution in [1.29, 1.82) is 0 Å². The van der Waals surface area contributed by atoms with Gasteiger partial charge in [-0.2, -0.15) is 13.2 Å².